The fourth-order valence-corrected chi connectivity index (χ4v) is 2.61. The number of nitrogens with zero attached hydrogens (tertiary/aromatic N) is 3. The van der Waals surface area contributed by atoms with Gasteiger partial charge >= 0.3 is 5.97 Å². The third kappa shape index (κ3) is 5.41. The van der Waals surface area contributed by atoms with E-state index in [0.29, 0.717) is 12.2 Å². The average Bonchev–Trinajstić information content (AvgIpc) is 2.60. The molecule has 2 aromatic rings. The van der Waals surface area contributed by atoms with E-state index in [1.807, 2.05) is 25.1 Å². The number of ether oxygens (including phenoxy) is 1. The molecule has 24 heavy (non-hydrogen) atoms. The molecule has 0 saturated carbocycles. The Labute approximate surface area is 143 Å². The predicted molar refractivity (Wildman–Crippen MR) is 93.6 cm³/mol. The van der Waals surface area contributed by atoms with Crippen LogP contribution in [0.2, 0.25) is 0 Å². The highest BCUT2D eigenvalue weighted by Crippen LogP contribution is 2.28. The summed E-state index contributed by atoms with van der Waals surface area (Å²) in [4.78, 5) is 12.0. The summed E-state index contributed by atoms with van der Waals surface area (Å²) < 4.78 is 5.53. The van der Waals surface area contributed by atoms with Crippen molar-refractivity contribution in [2.24, 2.45) is 0 Å². The zero-order chi connectivity index (χ0) is 17.2. The molecule has 0 aliphatic carbocycles. The van der Waals surface area contributed by atoms with E-state index in [-0.39, 0.29) is 5.97 Å². The first-order valence-corrected chi connectivity index (χ1v) is 8.67. The summed E-state index contributed by atoms with van der Waals surface area (Å²) in [6.45, 7) is 4.12. The summed E-state index contributed by atoms with van der Waals surface area (Å²) in [6.07, 6.45) is 8.98. The Kier molecular flexibility index (Phi) is 7.33. The van der Waals surface area contributed by atoms with Gasteiger partial charge in [-0.1, -0.05) is 51.2 Å². The van der Waals surface area contributed by atoms with Gasteiger partial charge in [-0.25, -0.2) is 0 Å². The molecule has 0 unspecified atom stereocenters. The van der Waals surface area contributed by atoms with Gasteiger partial charge in [0.1, 0.15) is 5.75 Å². The Morgan fingerprint density at radius 2 is 1.88 bits per heavy atom. The number of hydrogen-bond acceptors (Lipinski definition) is 5. The Morgan fingerprint density at radius 1 is 1.08 bits per heavy atom. The number of benzene rings is 1. The minimum Gasteiger partial charge on any atom is -0.426 e. The summed E-state index contributed by atoms with van der Waals surface area (Å²) in [6, 6.07) is 7.39. The highest BCUT2D eigenvalue weighted by Gasteiger charge is 2.12. The third-order valence-electron chi connectivity index (χ3n) is 4.02. The lowest BCUT2D eigenvalue weighted by Crippen LogP contribution is -2.09. The van der Waals surface area contributed by atoms with Crippen LogP contribution in [-0.2, 0) is 4.79 Å². The maximum absolute atomic E-state index is 12.0. The molecule has 128 valence electrons. The van der Waals surface area contributed by atoms with Gasteiger partial charge in [0, 0.05) is 17.5 Å². The van der Waals surface area contributed by atoms with Crippen molar-refractivity contribution in [3.8, 4) is 17.0 Å². The summed E-state index contributed by atoms with van der Waals surface area (Å²) in [7, 11) is 0. The van der Waals surface area contributed by atoms with Crippen LogP contribution in [0.3, 0.4) is 0 Å². The van der Waals surface area contributed by atoms with Crippen molar-refractivity contribution in [1.29, 1.82) is 0 Å². The van der Waals surface area contributed by atoms with Crippen LogP contribution in [0.1, 0.15) is 57.4 Å². The van der Waals surface area contributed by atoms with Crippen molar-refractivity contribution in [2.45, 2.75) is 58.8 Å². The van der Waals surface area contributed by atoms with E-state index in [0.717, 1.165) is 29.7 Å². The van der Waals surface area contributed by atoms with Gasteiger partial charge in [-0.05, 0) is 30.7 Å². The van der Waals surface area contributed by atoms with E-state index in [2.05, 4.69) is 22.3 Å². The first-order valence-electron chi connectivity index (χ1n) is 8.67. The predicted octanol–water partition coefficient (Wildman–Crippen LogP) is 4.50. The van der Waals surface area contributed by atoms with Gasteiger partial charge in [-0.2, -0.15) is 0 Å². The summed E-state index contributed by atoms with van der Waals surface area (Å²) >= 11 is 0. The molecule has 1 aromatic heterocycles. The molecule has 0 fully saturated rings. The van der Waals surface area contributed by atoms with Crippen LogP contribution in [0.4, 0.5) is 0 Å². The molecule has 0 saturated heterocycles. The SMILES string of the molecule is CCCCCCCCC(=O)Oc1cccc(-c2ccnnn2)c1C. The lowest BCUT2D eigenvalue weighted by atomic mass is 10.0. The van der Waals surface area contributed by atoms with Crippen LogP contribution >= 0.6 is 0 Å². The second-order valence-corrected chi connectivity index (χ2v) is 5.93. The molecular formula is C19H25N3O2. The van der Waals surface area contributed by atoms with Gasteiger partial charge in [0.05, 0.1) is 11.9 Å². The van der Waals surface area contributed by atoms with Crippen LogP contribution in [-0.4, -0.2) is 21.4 Å². The minimum absolute atomic E-state index is 0.174. The lowest BCUT2D eigenvalue weighted by molar-refractivity contribution is -0.134. The molecule has 5 nitrogen and oxygen atoms in total. The summed E-state index contributed by atoms with van der Waals surface area (Å²) in [5.41, 5.74) is 2.50. The number of carbonyl (C=O) groups is 1. The second-order valence-electron chi connectivity index (χ2n) is 5.93. The molecule has 0 spiro atoms. The monoisotopic (exact) mass is 327 g/mol. The molecule has 5 heteroatoms. The van der Waals surface area contributed by atoms with Crippen LogP contribution in [0.15, 0.2) is 30.5 Å². The Bertz CT molecular complexity index is 644. The van der Waals surface area contributed by atoms with Crippen LogP contribution < -0.4 is 4.74 Å². The van der Waals surface area contributed by atoms with E-state index in [1.165, 1.54) is 25.7 Å². The van der Waals surface area contributed by atoms with E-state index in [9.17, 15) is 4.79 Å². The molecule has 0 N–H and O–H groups in total. The smallest absolute Gasteiger partial charge is 0.311 e. The van der Waals surface area contributed by atoms with Gasteiger partial charge in [0.15, 0.2) is 0 Å². The fraction of sp³-hybridized carbons (Fsp3) is 0.474. The molecule has 1 heterocycles. The molecule has 0 bridgehead atoms. The standard InChI is InChI=1S/C19H25N3O2/c1-3-4-5-6-7-8-12-19(23)24-18-11-9-10-16(15(18)2)17-13-14-20-22-21-17/h9-11,13-14H,3-8,12H2,1-2H3. The zero-order valence-electron chi connectivity index (χ0n) is 14.5. The quantitative estimate of drug-likeness (QED) is 0.385. The number of unbranched alkanes of at least 4 members (excludes halogenated alkanes) is 5. The Morgan fingerprint density at radius 3 is 2.62 bits per heavy atom. The Hall–Kier alpha value is -2.30. The average molecular weight is 327 g/mol. The highest BCUT2D eigenvalue weighted by molar-refractivity contribution is 5.74. The van der Waals surface area contributed by atoms with E-state index in [1.54, 1.807) is 12.3 Å². The van der Waals surface area contributed by atoms with Crippen molar-refractivity contribution >= 4 is 5.97 Å². The number of rotatable bonds is 9. The van der Waals surface area contributed by atoms with Gasteiger partial charge in [-0.15, -0.1) is 10.2 Å². The van der Waals surface area contributed by atoms with Crippen LogP contribution in [0.25, 0.3) is 11.3 Å². The molecule has 0 aliphatic rings. The van der Waals surface area contributed by atoms with Crippen LogP contribution in [0.5, 0.6) is 5.75 Å². The van der Waals surface area contributed by atoms with Gasteiger partial charge in [0.2, 0.25) is 0 Å². The first-order chi connectivity index (χ1) is 11.7. The number of esters is 1. The summed E-state index contributed by atoms with van der Waals surface area (Å²) in [5.74, 6) is 0.411. The molecule has 0 radical (unpaired) electrons. The lowest BCUT2D eigenvalue weighted by Gasteiger charge is -2.11. The topological polar surface area (TPSA) is 65.0 Å². The van der Waals surface area contributed by atoms with Gasteiger partial charge in [-0.3, -0.25) is 4.79 Å². The van der Waals surface area contributed by atoms with Gasteiger partial charge in [0.25, 0.3) is 0 Å². The van der Waals surface area contributed by atoms with E-state index >= 15 is 0 Å². The number of carbonyl (C=O) groups excluding carboxylic acids is 1. The maximum atomic E-state index is 12.0. The zero-order valence-corrected chi connectivity index (χ0v) is 14.5. The van der Waals surface area contributed by atoms with Crippen molar-refractivity contribution in [3.63, 3.8) is 0 Å². The molecule has 0 amide bonds. The minimum atomic E-state index is -0.174. The number of hydrogen-bond donors (Lipinski definition) is 0. The van der Waals surface area contributed by atoms with Crippen molar-refractivity contribution < 1.29 is 9.53 Å². The normalized spacial score (nSPS) is 10.6. The van der Waals surface area contributed by atoms with Crippen LogP contribution in [0, 0.1) is 6.92 Å². The summed E-state index contributed by atoms with van der Waals surface area (Å²) in [5, 5.41) is 11.4. The molecule has 2 rings (SSSR count). The number of aromatic nitrogens is 3. The van der Waals surface area contributed by atoms with Crippen molar-refractivity contribution in [2.75, 3.05) is 0 Å². The van der Waals surface area contributed by atoms with Crippen molar-refractivity contribution in [3.05, 3.63) is 36.0 Å². The third-order valence-corrected chi connectivity index (χ3v) is 4.02. The van der Waals surface area contributed by atoms with E-state index < -0.39 is 0 Å². The fourth-order valence-electron chi connectivity index (χ4n) is 2.61. The largest absolute Gasteiger partial charge is 0.426 e. The van der Waals surface area contributed by atoms with Crippen molar-refractivity contribution in [1.82, 2.24) is 15.4 Å². The van der Waals surface area contributed by atoms with E-state index in [4.69, 9.17) is 4.74 Å². The highest BCUT2D eigenvalue weighted by atomic mass is 16.5. The second kappa shape index (κ2) is 9.75. The molecule has 1 aromatic carbocycles. The molecule has 0 atom stereocenters. The maximum Gasteiger partial charge on any atom is 0.311 e. The molecule has 0 aliphatic heterocycles. The molecular weight excluding hydrogens is 302 g/mol. The Balaban J connectivity index is 1.90. The van der Waals surface area contributed by atoms with Gasteiger partial charge < -0.3 is 4.74 Å². The first kappa shape index (κ1) is 18.0.